The second-order valence-electron chi connectivity index (χ2n) is 8.11. The molecule has 3 rings (SSSR count). The first kappa shape index (κ1) is 19.2. The lowest BCUT2D eigenvalue weighted by Crippen LogP contribution is -2.49. The van der Waals surface area contributed by atoms with Gasteiger partial charge >= 0.3 is 0 Å². The zero-order chi connectivity index (χ0) is 18.4. The van der Waals surface area contributed by atoms with Crippen molar-refractivity contribution in [3.63, 3.8) is 0 Å². The van der Waals surface area contributed by atoms with E-state index in [1.165, 1.54) is 44.5 Å². The number of rotatable bonds is 5. The molecule has 26 heavy (non-hydrogen) atoms. The number of nitrogens with zero attached hydrogens (tertiary/aromatic N) is 3. The first-order valence-corrected chi connectivity index (χ1v) is 10.4. The van der Waals surface area contributed by atoms with Gasteiger partial charge in [0.1, 0.15) is 0 Å². The van der Waals surface area contributed by atoms with Gasteiger partial charge in [0.25, 0.3) is 0 Å². The highest BCUT2D eigenvalue weighted by Crippen LogP contribution is 2.32. The van der Waals surface area contributed by atoms with Crippen molar-refractivity contribution in [2.75, 3.05) is 46.3 Å². The first-order chi connectivity index (χ1) is 12.7. The van der Waals surface area contributed by atoms with E-state index in [9.17, 15) is 0 Å². The molecule has 2 saturated heterocycles. The van der Waals surface area contributed by atoms with Crippen molar-refractivity contribution in [3.05, 3.63) is 35.9 Å². The number of hydrogen-bond acceptors (Lipinski definition) is 2. The van der Waals surface area contributed by atoms with Gasteiger partial charge in [0.2, 0.25) is 0 Å². The highest BCUT2D eigenvalue weighted by atomic mass is 15.3. The van der Waals surface area contributed by atoms with E-state index in [0.29, 0.717) is 11.8 Å². The Morgan fingerprint density at radius 3 is 2.65 bits per heavy atom. The van der Waals surface area contributed by atoms with Crippen LogP contribution in [0.25, 0.3) is 0 Å². The monoisotopic (exact) mass is 356 g/mol. The summed E-state index contributed by atoms with van der Waals surface area (Å²) in [5, 5.41) is 3.67. The zero-order valence-corrected chi connectivity index (χ0v) is 16.8. The van der Waals surface area contributed by atoms with Crippen LogP contribution in [0.5, 0.6) is 0 Å². The minimum absolute atomic E-state index is 0.649. The maximum atomic E-state index is 4.58. The fourth-order valence-corrected chi connectivity index (χ4v) is 4.70. The van der Waals surface area contributed by atoms with Crippen LogP contribution in [0.2, 0.25) is 0 Å². The molecule has 0 radical (unpaired) electrons. The summed E-state index contributed by atoms with van der Waals surface area (Å²) in [5.74, 6) is 3.18. The highest BCUT2D eigenvalue weighted by molar-refractivity contribution is 5.80. The number of guanidine groups is 1. The summed E-state index contributed by atoms with van der Waals surface area (Å²) in [5.41, 5.74) is 1.49. The molecular formula is C22H36N4. The smallest absolute Gasteiger partial charge is 0.193 e. The maximum Gasteiger partial charge on any atom is 0.193 e. The topological polar surface area (TPSA) is 30.9 Å². The van der Waals surface area contributed by atoms with Gasteiger partial charge in [0.15, 0.2) is 5.96 Å². The van der Waals surface area contributed by atoms with E-state index >= 15 is 0 Å². The third-order valence-corrected chi connectivity index (χ3v) is 6.10. The molecule has 3 unspecified atom stereocenters. The van der Waals surface area contributed by atoms with Crippen molar-refractivity contribution in [2.45, 2.75) is 39.0 Å². The minimum atomic E-state index is 0.649. The lowest BCUT2D eigenvalue weighted by Gasteiger charge is -2.39. The fourth-order valence-electron chi connectivity index (χ4n) is 4.70. The van der Waals surface area contributed by atoms with Crippen molar-refractivity contribution < 1.29 is 0 Å². The summed E-state index contributed by atoms with van der Waals surface area (Å²) in [6.07, 6.45) is 3.78. The third kappa shape index (κ3) is 4.79. The number of likely N-dealkylation sites (tertiary alicyclic amines) is 2. The number of aliphatic imine (C=N–C) groups is 1. The summed E-state index contributed by atoms with van der Waals surface area (Å²) < 4.78 is 0. The van der Waals surface area contributed by atoms with Crippen LogP contribution in [0.3, 0.4) is 0 Å². The average molecular weight is 357 g/mol. The predicted octanol–water partition coefficient (Wildman–Crippen LogP) is 3.42. The van der Waals surface area contributed by atoms with Crippen molar-refractivity contribution >= 4 is 5.96 Å². The van der Waals surface area contributed by atoms with E-state index in [-0.39, 0.29) is 0 Å². The van der Waals surface area contributed by atoms with Gasteiger partial charge in [-0.25, -0.2) is 0 Å². The van der Waals surface area contributed by atoms with E-state index in [1.807, 2.05) is 7.05 Å². The standard InChI is InChI=1S/C22H36N4/c1-4-12-25-13-10-19(17-25)15-24-22(23-3)26-14-11-21(18(2)16-26)20-8-6-5-7-9-20/h5-9,18-19,21H,4,10-17H2,1-3H3,(H,23,24). The Morgan fingerprint density at radius 2 is 1.96 bits per heavy atom. The van der Waals surface area contributed by atoms with Crippen LogP contribution in [0.1, 0.15) is 44.6 Å². The molecule has 1 aromatic rings. The Bertz CT molecular complexity index is 571. The number of hydrogen-bond donors (Lipinski definition) is 1. The molecule has 0 spiro atoms. The van der Waals surface area contributed by atoms with Gasteiger partial charge in [-0.15, -0.1) is 0 Å². The molecule has 0 aliphatic carbocycles. The molecule has 2 aliphatic heterocycles. The second-order valence-corrected chi connectivity index (χ2v) is 8.11. The van der Waals surface area contributed by atoms with Crippen LogP contribution >= 0.6 is 0 Å². The van der Waals surface area contributed by atoms with Crippen LogP contribution < -0.4 is 5.32 Å². The molecule has 0 bridgehead atoms. The molecule has 1 N–H and O–H groups in total. The van der Waals surface area contributed by atoms with Crippen molar-refractivity contribution in [3.8, 4) is 0 Å². The highest BCUT2D eigenvalue weighted by Gasteiger charge is 2.29. The van der Waals surface area contributed by atoms with E-state index in [0.717, 1.165) is 31.5 Å². The lowest BCUT2D eigenvalue weighted by molar-refractivity contribution is 0.233. The molecule has 144 valence electrons. The largest absolute Gasteiger partial charge is 0.356 e. The van der Waals surface area contributed by atoms with Gasteiger partial charge in [0.05, 0.1) is 0 Å². The number of nitrogens with one attached hydrogen (secondary N) is 1. The molecule has 2 aliphatic rings. The molecule has 4 heteroatoms. The quantitative estimate of drug-likeness (QED) is 0.648. The van der Waals surface area contributed by atoms with Crippen LogP contribution in [0.4, 0.5) is 0 Å². The summed E-state index contributed by atoms with van der Waals surface area (Å²) in [7, 11) is 1.92. The Balaban J connectivity index is 1.49. The molecule has 1 aromatic carbocycles. The van der Waals surface area contributed by atoms with Crippen molar-refractivity contribution in [2.24, 2.45) is 16.8 Å². The summed E-state index contributed by atoms with van der Waals surface area (Å²) in [4.78, 5) is 9.64. The molecule has 4 nitrogen and oxygen atoms in total. The van der Waals surface area contributed by atoms with E-state index in [2.05, 4.69) is 64.3 Å². The van der Waals surface area contributed by atoms with Crippen molar-refractivity contribution in [1.82, 2.24) is 15.1 Å². The predicted molar refractivity (Wildman–Crippen MR) is 111 cm³/mol. The van der Waals surface area contributed by atoms with E-state index < -0.39 is 0 Å². The van der Waals surface area contributed by atoms with Crippen molar-refractivity contribution in [1.29, 1.82) is 0 Å². The first-order valence-electron chi connectivity index (χ1n) is 10.4. The Labute approximate surface area is 159 Å². The van der Waals surface area contributed by atoms with E-state index in [1.54, 1.807) is 0 Å². The van der Waals surface area contributed by atoms with Gasteiger partial charge in [-0.2, -0.15) is 0 Å². The Kier molecular flexibility index (Phi) is 6.95. The number of piperidine rings is 1. The molecule has 0 saturated carbocycles. The lowest BCUT2D eigenvalue weighted by atomic mass is 9.82. The van der Waals surface area contributed by atoms with Gasteiger partial charge in [0, 0.05) is 33.2 Å². The summed E-state index contributed by atoms with van der Waals surface area (Å²) in [6.45, 7) is 11.6. The molecular weight excluding hydrogens is 320 g/mol. The van der Waals surface area contributed by atoms with Gasteiger partial charge in [-0.3, -0.25) is 4.99 Å². The second kappa shape index (κ2) is 9.40. The molecule has 0 amide bonds. The third-order valence-electron chi connectivity index (χ3n) is 6.10. The number of benzene rings is 1. The Hall–Kier alpha value is -1.55. The van der Waals surface area contributed by atoms with Crippen LogP contribution in [-0.2, 0) is 0 Å². The van der Waals surface area contributed by atoms with Crippen LogP contribution in [0, 0.1) is 11.8 Å². The van der Waals surface area contributed by atoms with Crippen LogP contribution in [0.15, 0.2) is 35.3 Å². The zero-order valence-electron chi connectivity index (χ0n) is 16.8. The average Bonchev–Trinajstić information content (AvgIpc) is 3.11. The normalized spacial score (nSPS) is 27.7. The molecule has 3 atom stereocenters. The Morgan fingerprint density at radius 1 is 1.15 bits per heavy atom. The summed E-state index contributed by atoms with van der Waals surface area (Å²) in [6, 6.07) is 11.0. The SMILES string of the molecule is CCCN1CCC(CNC(=NC)N2CCC(c3ccccc3)C(C)C2)C1. The minimum Gasteiger partial charge on any atom is -0.356 e. The van der Waals surface area contributed by atoms with Gasteiger partial charge in [-0.1, -0.05) is 44.2 Å². The van der Waals surface area contributed by atoms with Gasteiger partial charge < -0.3 is 15.1 Å². The summed E-state index contributed by atoms with van der Waals surface area (Å²) >= 11 is 0. The van der Waals surface area contributed by atoms with Gasteiger partial charge in [-0.05, 0) is 55.7 Å². The molecule has 2 heterocycles. The fraction of sp³-hybridized carbons (Fsp3) is 0.682. The van der Waals surface area contributed by atoms with E-state index in [4.69, 9.17) is 0 Å². The molecule has 2 fully saturated rings. The maximum absolute atomic E-state index is 4.58. The van der Waals surface area contributed by atoms with Crippen LogP contribution in [-0.4, -0.2) is 62.1 Å². The molecule has 0 aromatic heterocycles.